The van der Waals surface area contributed by atoms with Gasteiger partial charge in [0.25, 0.3) is 0 Å². The van der Waals surface area contributed by atoms with E-state index in [1.807, 2.05) is 4.90 Å². The van der Waals surface area contributed by atoms with Gasteiger partial charge in [-0.3, -0.25) is 14.9 Å². The van der Waals surface area contributed by atoms with Crippen molar-refractivity contribution in [3.8, 4) is 5.75 Å². The number of rotatable bonds is 10. The van der Waals surface area contributed by atoms with Crippen LogP contribution in [-0.4, -0.2) is 66.5 Å². The van der Waals surface area contributed by atoms with Crippen molar-refractivity contribution in [2.45, 2.75) is 63.8 Å². The Labute approximate surface area is 220 Å². The molecule has 2 aliphatic rings. The van der Waals surface area contributed by atoms with Crippen molar-refractivity contribution in [2.24, 2.45) is 0 Å². The maximum absolute atomic E-state index is 12.9. The van der Waals surface area contributed by atoms with Crippen LogP contribution in [0.25, 0.3) is 0 Å². The van der Waals surface area contributed by atoms with Crippen LogP contribution in [-0.2, 0) is 11.2 Å². The maximum Gasteiger partial charge on any atom is 0.311 e. The molecule has 2 aromatic rings. The quantitative estimate of drug-likeness (QED) is 0.349. The van der Waals surface area contributed by atoms with Gasteiger partial charge in [-0.1, -0.05) is 37.6 Å². The maximum atomic E-state index is 12.9. The van der Waals surface area contributed by atoms with Crippen LogP contribution in [0.15, 0.2) is 42.5 Å². The minimum Gasteiger partial charge on any atom is -0.490 e. The predicted octanol–water partition coefficient (Wildman–Crippen LogP) is 5.23. The zero-order valence-electron chi connectivity index (χ0n) is 22.2. The van der Waals surface area contributed by atoms with Gasteiger partial charge in [-0.25, -0.2) is 0 Å². The highest BCUT2D eigenvalue weighted by atomic mass is 16.6. The number of nitro benzene ring substituents is 1. The number of anilines is 1. The van der Waals surface area contributed by atoms with E-state index in [0.29, 0.717) is 12.3 Å². The van der Waals surface area contributed by atoms with E-state index in [9.17, 15) is 14.9 Å². The fraction of sp³-hybridized carbons (Fsp3) is 0.552. The van der Waals surface area contributed by atoms with Gasteiger partial charge in [0.05, 0.1) is 12.0 Å². The number of amides is 1. The van der Waals surface area contributed by atoms with Crippen LogP contribution in [0.5, 0.6) is 5.75 Å². The van der Waals surface area contributed by atoms with Crippen LogP contribution in [0.1, 0.15) is 62.5 Å². The van der Waals surface area contributed by atoms with Crippen molar-refractivity contribution in [1.29, 1.82) is 0 Å². The summed E-state index contributed by atoms with van der Waals surface area (Å²) >= 11 is 0. The molecule has 2 heterocycles. The number of likely N-dealkylation sites (tertiary alicyclic amines) is 2. The smallest absolute Gasteiger partial charge is 0.311 e. The molecule has 0 spiro atoms. The summed E-state index contributed by atoms with van der Waals surface area (Å²) in [5.41, 5.74) is 3.64. The van der Waals surface area contributed by atoms with Crippen LogP contribution in [0.2, 0.25) is 0 Å². The van der Waals surface area contributed by atoms with Crippen LogP contribution < -0.4 is 10.1 Å². The molecule has 0 saturated carbocycles. The van der Waals surface area contributed by atoms with Crippen LogP contribution >= 0.6 is 0 Å². The first-order valence-corrected chi connectivity index (χ1v) is 13.6. The standard InChI is InChI=1S/C29H40N4O4/c1-3-4-22-5-7-23(8-6-22)24-11-16-31(17-12-24)18-15-29(34)32-19-13-25(14-20-32)30-26-9-10-27(33(35)36)28(21-26)37-2/h5-10,21,24-25,30H,3-4,11-20H2,1-2H3. The van der Waals surface area contributed by atoms with Crippen LogP contribution in [0.4, 0.5) is 11.4 Å². The number of nitrogens with zero attached hydrogens (tertiary/aromatic N) is 3. The van der Waals surface area contributed by atoms with Crippen LogP contribution in [0.3, 0.4) is 0 Å². The molecule has 0 unspecified atom stereocenters. The Morgan fingerprint density at radius 2 is 1.76 bits per heavy atom. The van der Waals surface area contributed by atoms with Crippen molar-refractivity contribution in [3.63, 3.8) is 0 Å². The number of nitro groups is 1. The SMILES string of the molecule is CCCc1ccc(C2CCN(CCC(=O)N3CCC(Nc4ccc([N+](=O)[O-])c(OC)c4)CC3)CC2)cc1. The Bertz CT molecular complexity index is 1040. The lowest BCUT2D eigenvalue weighted by molar-refractivity contribution is -0.385. The first kappa shape index (κ1) is 26.9. The highest BCUT2D eigenvalue weighted by Crippen LogP contribution is 2.31. The number of hydrogen-bond acceptors (Lipinski definition) is 6. The Hall–Kier alpha value is -3.13. The van der Waals surface area contributed by atoms with E-state index in [2.05, 4.69) is 41.4 Å². The fourth-order valence-corrected chi connectivity index (χ4v) is 5.57. The van der Waals surface area contributed by atoms with Gasteiger partial charge in [0.15, 0.2) is 5.75 Å². The lowest BCUT2D eigenvalue weighted by atomic mass is 9.88. The molecule has 0 aliphatic carbocycles. The molecule has 8 nitrogen and oxygen atoms in total. The van der Waals surface area contributed by atoms with E-state index in [1.54, 1.807) is 12.1 Å². The third-order valence-electron chi connectivity index (χ3n) is 7.81. The average molecular weight is 509 g/mol. The van der Waals surface area contributed by atoms with Crippen molar-refractivity contribution in [1.82, 2.24) is 9.80 Å². The number of nitrogens with one attached hydrogen (secondary N) is 1. The molecule has 0 bridgehead atoms. The van der Waals surface area contributed by atoms with Gasteiger partial charge < -0.3 is 19.9 Å². The summed E-state index contributed by atoms with van der Waals surface area (Å²) in [6.07, 6.45) is 6.94. The number of carbonyl (C=O) groups excluding carboxylic acids is 1. The number of aryl methyl sites for hydroxylation is 1. The second-order valence-electron chi connectivity index (χ2n) is 10.3. The molecule has 2 fully saturated rings. The summed E-state index contributed by atoms with van der Waals surface area (Å²) in [7, 11) is 1.43. The molecule has 8 heteroatoms. The Morgan fingerprint density at radius 3 is 2.38 bits per heavy atom. The van der Waals surface area contributed by atoms with Crippen molar-refractivity contribution < 1.29 is 14.5 Å². The predicted molar refractivity (Wildman–Crippen MR) is 146 cm³/mol. The summed E-state index contributed by atoms with van der Waals surface area (Å²) in [5.74, 6) is 1.12. The van der Waals surface area contributed by atoms with Crippen molar-refractivity contribution >= 4 is 17.3 Å². The van der Waals surface area contributed by atoms with E-state index in [0.717, 1.165) is 70.5 Å². The van der Waals surface area contributed by atoms with E-state index in [4.69, 9.17) is 4.74 Å². The highest BCUT2D eigenvalue weighted by molar-refractivity contribution is 5.76. The summed E-state index contributed by atoms with van der Waals surface area (Å²) < 4.78 is 5.16. The molecule has 2 saturated heterocycles. The molecular weight excluding hydrogens is 468 g/mol. The summed E-state index contributed by atoms with van der Waals surface area (Å²) in [6, 6.07) is 14.3. The molecule has 1 amide bonds. The van der Waals surface area contributed by atoms with Gasteiger partial charge in [-0.2, -0.15) is 0 Å². The van der Waals surface area contributed by atoms with Gasteiger partial charge >= 0.3 is 5.69 Å². The van der Waals surface area contributed by atoms with Crippen molar-refractivity contribution in [2.75, 3.05) is 45.2 Å². The summed E-state index contributed by atoms with van der Waals surface area (Å²) in [6.45, 7) is 6.63. The molecule has 0 aromatic heterocycles. The molecule has 2 aromatic carbocycles. The molecule has 200 valence electrons. The number of hydrogen-bond donors (Lipinski definition) is 1. The fourth-order valence-electron chi connectivity index (χ4n) is 5.57. The van der Waals surface area contributed by atoms with Gasteiger partial charge in [0, 0.05) is 49.9 Å². The minimum absolute atomic E-state index is 0.0428. The van der Waals surface area contributed by atoms with E-state index < -0.39 is 4.92 Å². The van der Waals surface area contributed by atoms with Gasteiger partial charge in [0.1, 0.15) is 0 Å². The van der Waals surface area contributed by atoms with E-state index >= 15 is 0 Å². The van der Waals surface area contributed by atoms with Crippen molar-refractivity contribution in [3.05, 3.63) is 63.7 Å². The minimum atomic E-state index is -0.443. The van der Waals surface area contributed by atoms with Crippen LogP contribution in [0, 0.1) is 10.1 Å². The van der Waals surface area contributed by atoms with E-state index in [1.165, 1.54) is 30.7 Å². The normalized spacial score (nSPS) is 17.5. The number of benzene rings is 2. The first-order chi connectivity index (χ1) is 18.0. The zero-order valence-corrected chi connectivity index (χ0v) is 22.2. The monoisotopic (exact) mass is 508 g/mol. The molecule has 0 radical (unpaired) electrons. The highest BCUT2D eigenvalue weighted by Gasteiger charge is 2.25. The number of methoxy groups -OCH3 is 1. The third-order valence-corrected chi connectivity index (χ3v) is 7.81. The van der Waals surface area contributed by atoms with Gasteiger partial charge in [0.2, 0.25) is 5.91 Å². The van der Waals surface area contributed by atoms with E-state index in [-0.39, 0.29) is 23.4 Å². The molecule has 4 rings (SSSR count). The Kier molecular flexibility index (Phi) is 9.39. The second kappa shape index (κ2) is 12.9. The Balaban J connectivity index is 1.16. The average Bonchev–Trinajstić information content (AvgIpc) is 2.93. The lowest BCUT2D eigenvalue weighted by Gasteiger charge is -2.35. The number of carbonyl (C=O) groups is 1. The summed E-state index contributed by atoms with van der Waals surface area (Å²) in [4.78, 5) is 27.9. The second-order valence-corrected chi connectivity index (χ2v) is 10.3. The Morgan fingerprint density at radius 1 is 1.05 bits per heavy atom. The van der Waals surface area contributed by atoms with Gasteiger partial charge in [-0.15, -0.1) is 0 Å². The molecule has 2 aliphatic heterocycles. The van der Waals surface area contributed by atoms with Gasteiger partial charge in [-0.05, 0) is 68.3 Å². The summed E-state index contributed by atoms with van der Waals surface area (Å²) in [5, 5.41) is 14.5. The molecule has 1 N–H and O–H groups in total. The molecular formula is C29H40N4O4. The molecule has 37 heavy (non-hydrogen) atoms. The molecule has 0 atom stereocenters. The third kappa shape index (κ3) is 7.22. The first-order valence-electron chi connectivity index (χ1n) is 13.6. The number of piperidine rings is 2. The zero-order chi connectivity index (χ0) is 26.2. The number of ether oxygens (including phenoxy) is 1. The topological polar surface area (TPSA) is 88.0 Å². The lowest BCUT2D eigenvalue weighted by Crippen LogP contribution is -2.43. The largest absolute Gasteiger partial charge is 0.490 e.